The fourth-order valence-corrected chi connectivity index (χ4v) is 5.03. The van der Waals surface area contributed by atoms with Crippen LogP contribution >= 0.6 is 11.6 Å². The first kappa shape index (κ1) is 23.0. The molecule has 172 valence electrons. The van der Waals surface area contributed by atoms with Gasteiger partial charge in [0.05, 0.1) is 35.2 Å². The second-order valence-electron chi connectivity index (χ2n) is 7.30. The van der Waals surface area contributed by atoms with Gasteiger partial charge in [0.25, 0.3) is 15.9 Å². The molecule has 10 heteroatoms. The molecule has 0 bridgehead atoms. The SMILES string of the molecule is O=C(Nc1ccc(N2CCOCC2)c(S(=O)(=O)Nc2ccccc2Cl)c1)c1ccccc1F. The highest BCUT2D eigenvalue weighted by molar-refractivity contribution is 7.93. The van der Waals surface area contributed by atoms with Gasteiger partial charge in [0.15, 0.2) is 0 Å². The average molecular weight is 490 g/mol. The number of para-hydroxylation sites is 1. The molecule has 2 N–H and O–H groups in total. The van der Waals surface area contributed by atoms with E-state index in [1.165, 1.54) is 24.3 Å². The van der Waals surface area contributed by atoms with Crippen LogP contribution in [0.2, 0.25) is 5.02 Å². The normalized spacial score (nSPS) is 14.1. The first-order valence-corrected chi connectivity index (χ1v) is 12.0. The van der Waals surface area contributed by atoms with Crippen molar-refractivity contribution in [2.45, 2.75) is 4.90 Å². The summed E-state index contributed by atoms with van der Waals surface area (Å²) in [7, 11) is -4.09. The molecule has 1 aliphatic rings. The number of hydrogen-bond donors (Lipinski definition) is 2. The van der Waals surface area contributed by atoms with E-state index in [-0.39, 0.29) is 26.9 Å². The lowest BCUT2D eigenvalue weighted by molar-refractivity contribution is 0.102. The van der Waals surface area contributed by atoms with E-state index in [1.807, 2.05) is 4.90 Å². The largest absolute Gasteiger partial charge is 0.378 e. The number of ether oxygens (including phenoxy) is 1. The Kier molecular flexibility index (Phi) is 6.83. The molecule has 3 aromatic rings. The van der Waals surface area contributed by atoms with E-state index in [4.69, 9.17) is 16.3 Å². The first-order chi connectivity index (χ1) is 15.8. The lowest BCUT2D eigenvalue weighted by Crippen LogP contribution is -2.37. The summed E-state index contributed by atoms with van der Waals surface area (Å²) in [6.07, 6.45) is 0. The van der Waals surface area contributed by atoms with Crippen LogP contribution in [0, 0.1) is 5.82 Å². The number of nitrogens with one attached hydrogen (secondary N) is 2. The number of nitrogens with zero attached hydrogens (tertiary/aromatic N) is 1. The average Bonchev–Trinajstić information content (AvgIpc) is 2.81. The topological polar surface area (TPSA) is 87.7 Å². The third-order valence-corrected chi connectivity index (χ3v) is 6.82. The van der Waals surface area contributed by atoms with Crippen LogP contribution in [0.15, 0.2) is 71.6 Å². The monoisotopic (exact) mass is 489 g/mol. The molecule has 0 spiro atoms. The maximum Gasteiger partial charge on any atom is 0.264 e. The zero-order valence-electron chi connectivity index (χ0n) is 17.4. The smallest absolute Gasteiger partial charge is 0.264 e. The second-order valence-corrected chi connectivity index (χ2v) is 9.36. The predicted octanol–water partition coefficient (Wildman–Crippen LogP) is 4.37. The van der Waals surface area contributed by atoms with Gasteiger partial charge >= 0.3 is 0 Å². The fraction of sp³-hybridized carbons (Fsp3) is 0.174. The van der Waals surface area contributed by atoms with Crippen molar-refractivity contribution in [2.24, 2.45) is 0 Å². The highest BCUT2D eigenvalue weighted by atomic mass is 35.5. The zero-order valence-corrected chi connectivity index (χ0v) is 19.0. The molecule has 1 amide bonds. The number of anilines is 3. The van der Waals surface area contributed by atoms with E-state index in [1.54, 1.807) is 42.5 Å². The van der Waals surface area contributed by atoms with Gasteiger partial charge in [-0.25, -0.2) is 12.8 Å². The summed E-state index contributed by atoms with van der Waals surface area (Å²) in [5.41, 5.74) is 0.753. The fourth-order valence-electron chi connectivity index (χ4n) is 3.46. The van der Waals surface area contributed by atoms with Crippen molar-refractivity contribution in [1.29, 1.82) is 0 Å². The van der Waals surface area contributed by atoms with Crippen molar-refractivity contribution in [2.75, 3.05) is 41.2 Å². The van der Waals surface area contributed by atoms with Crippen LogP contribution < -0.4 is 14.9 Å². The summed E-state index contributed by atoms with van der Waals surface area (Å²) < 4.78 is 48.6. The molecule has 0 radical (unpaired) electrons. The minimum Gasteiger partial charge on any atom is -0.378 e. The summed E-state index contributed by atoms with van der Waals surface area (Å²) >= 11 is 6.14. The number of amides is 1. The number of benzene rings is 3. The number of sulfonamides is 1. The number of rotatable bonds is 6. The Morgan fingerprint density at radius 1 is 1.00 bits per heavy atom. The molecule has 4 rings (SSSR count). The Hall–Kier alpha value is -3.14. The molecule has 33 heavy (non-hydrogen) atoms. The molecule has 1 aliphatic heterocycles. The summed E-state index contributed by atoms with van der Waals surface area (Å²) in [5.74, 6) is -1.36. The molecule has 0 unspecified atom stereocenters. The van der Waals surface area contributed by atoms with Gasteiger partial charge in [-0.05, 0) is 42.5 Å². The minimum atomic E-state index is -4.09. The van der Waals surface area contributed by atoms with Crippen LogP contribution in [-0.4, -0.2) is 40.6 Å². The van der Waals surface area contributed by atoms with Gasteiger partial charge in [-0.3, -0.25) is 9.52 Å². The van der Waals surface area contributed by atoms with Crippen molar-refractivity contribution in [1.82, 2.24) is 0 Å². The maximum absolute atomic E-state index is 14.0. The van der Waals surface area contributed by atoms with Gasteiger partial charge < -0.3 is 15.0 Å². The van der Waals surface area contributed by atoms with Gasteiger partial charge in [-0.2, -0.15) is 0 Å². The highest BCUT2D eigenvalue weighted by Gasteiger charge is 2.25. The summed E-state index contributed by atoms with van der Waals surface area (Å²) in [6.45, 7) is 1.94. The van der Waals surface area contributed by atoms with E-state index in [9.17, 15) is 17.6 Å². The molecule has 1 fully saturated rings. The van der Waals surface area contributed by atoms with Gasteiger partial charge in [0.2, 0.25) is 0 Å². The summed E-state index contributed by atoms with van der Waals surface area (Å²) in [6, 6.07) is 16.6. The molecule has 0 aliphatic carbocycles. The maximum atomic E-state index is 14.0. The number of hydrogen-bond acceptors (Lipinski definition) is 5. The first-order valence-electron chi connectivity index (χ1n) is 10.1. The molecule has 1 heterocycles. The molecule has 0 aromatic heterocycles. The van der Waals surface area contributed by atoms with Crippen LogP contribution in [0.4, 0.5) is 21.5 Å². The molecular formula is C23H21ClFN3O4S. The van der Waals surface area contributed by atoms with Crippen molar-refractivity contribution in [3.05, 3.63) is 83.1 Å². The van der Waals surface area contributed by atoms with E-state index in [0.29, 0.717) is 32.0 Å². The Bertz CT molecular complexity index is 1280. The van der Waals surface area contributed by atoms with Gasteiger partial charge in [0, 0.05) is 18.8 Å². The summed E-state index contributed by atoms with van der Waals surface area (Å²) in [4.78, 5) is 14.4. The quantitative estimate of drug-likeness (QED) is 0.537. The van der Waals surface area contributed by atoms with Crippen molar-refractivity contribution in [3.63, 3.8) is 0 Å². The molecule has 0 saturated carbocycles. The molecular weight excluding hydrogens is 469 g/mol. The van der Waals surface area contributed by atoms with Crippen molar-refractivity contribution in [3.8, 4) is 0 Å². The Balaban J connectivity index is 1.71. The standard InChI is InChI=1S/C23H21ClFN3O4S/c24-18-6-2-4-8-20(18)27-33(30,31)22-15-16(9-10-21(22)28-11-13-32-14-12-28)26-23(29)17-5-1-3-7-19(17)25/h1-10,15,27H,11-14H2,(H,26,29). The van der Waals surface area contributed by atoms with Crippen LogP contribution in [0.3, 0.4) is 0 Å². The highest BCUT2D eigenvalue weighted by Crippen LogP contribution is 2.32. The van der Waals surface area contributed by atoms with E-state index in [0.717, 1.165) is 0 Å². The number of carbonyl (C=O) groups excluding carboxylic acids is 1. The molecule has 0 atom stereocenters. The van der Waals surface area contributed by atoms with Crippen LogP contribution in [-0.2, 0) is 14.8 Å². The zero-order chi connectivity index (χ0) is 23.4. The Morgan fingerprint density at radius 3 is 2.42 bits per heavy atom. The van der Waals surface area contributed by atoms with E-state index in [2.05, 4.69) is 10.0 Å². The third kappa shape index (κ3) is 5.27. The van der Waals surface area contributed by atoms with Gasteiger partial charge in [0.1, 0.15) is 10.7 Å². The van der Waals surface area contributed by atoms with E-state index >= 15 is 0 Å². The number of carbonyl (C=O) groups is 1. The second kappa shape index (κ2) is 9.78. The van der Waals surface area contributed by atoms with Crippen LogP contribution in [0.25, 0.3) is 0 Å². The summed E-state index contributed by atoms with van der Waals surface area (Å²) in [5, 5.41) is 2.82. The molecule has 3 aromatic carbocycles. The van der Waals surface area contributed by atoms with Gasteiger partial charge in [-0.15, -0.1) is 0 Å². The van der Waals surface area contributed by atoms with Crippen molar-refractivity contribution >= 4 is 44.6 Å². The predicted molar refractivity (Wildman–Crippen MR) is 126 cm³/mol. The van der Waals surface area contributed by atoms with Crippen LogP contribution in [0.1, 0.15) is 10.4 Å². The minimum absolute atomic E-state index is 0.0457. The number of morpholine rings is 1. The van der Waals surface area contributed by atoms with Gasteiger partial charge in [-0.1, -0.05) is 35.9 Å². The molecule has 7 nitrogen and oxygen atoms in total. The lowest BCUT2D eigenvalue weighted by Gasteiger charge is -2.30. The van der Waals surface area contributed by atoms with E-state index < -0.39 is 21.7 Å². The third-order valence-electron chi connectivity index (χ3n) is 5.10. The number of halogens is 2. The lowest BCUT2D eigenvalue weighted by atomic mass is 10.2. The molecule has 1 saturated heterocycles. The Labute approximate surface area is 196 Å². The Morgan fingerprint density at radius 2 is 1.70 bits per heavy atom. The van der Waals surface area contributed by atoms with Crippen molar-refractivity contribution < 1.29 is 22.3 Å². The van der Waals surface area contributed by atoms with Crippen LogP contribution in [0.5, 0.6) is 0 Å².